The summed E-state index contributed by atoms with van der Waals surface area (Å²) in [5.74, 6) is 0.599. The maximum Gasteiger partial charge on any atom is 0.0218 e. The Kier molecular flexibility index (Phi) is 5.86. The number of rotatable bonds is 5. The van der Waals surface area contributed by atoms with Crippen molar-refractivity contribution in [2.24, 2.45) is 0 Å². The molecule has 1 aliphatic rings. The maximum atomic E-state index is 3.69. The van der Waals surface area contributed by atoms with Crippen LogP contribution < -0.4 is 0 Å². The average Bonchev–Trinajstić information content (AvgIpc) is 2.47. The van der Waals surface area contributed by atoms with Gasteiger partial charge in [0.25, 0.3) is 0 Å². The van der Waals surface area contributed by atoms with Crippen LogP contribution in [0.25, 0.3) is 0 Å². The van der Waals surface area contributed by atoms with Gasteiger partial charge in [-0.3, -0.25) is 4.90 Å². The standard InChI is InChI=1S/C16H25BrN2/c1-3-16-13-19(10-9-18(16)2)12-15(11-17)14-7-5-4-6-8-14/h4-8,15-16H,3,9-13H2,1-2H3. The summed E-state index contributed by atoms with van der Waals surface area (Å²) in [6.07, 6.45) is 1.25. The number of benzene rings is 1. The minimum Gasteiger partial charge on any atom is -0.301 e. The smallest absolute Gasteiger partial charge is 0.0218 e. The Hall–Kier alpha value is -0.380. The van der Waals surface area contributed by atoms with Gasteiger partial charge in [0.05, 0.1) is 0 Å². The minimum absolute atomic E-state index is 0.599. The molecule has 0 radical (unpaired) electrons. The van der Waals surface area contributed by atoms with Crippen molar-refractivity contribution in [1.82, 2.24) is 9.80 Å². The summed E-state index contributed by atoms with van der Waals surface area (Å²) in [6.45, 7) is 7.07. The zero-order valence-electron chi connectivity index (χ0n) is 12.1. The predicted molar refractivity (Wildman–Crippen MR) is 86.1 cm³/mol. The van der Waals surface area contributed by atoms with Gasteiger partial charge in [-0.15, -0.1) is 0 Å². The monoisotopic (exact) mass is 324 g/mol. The highest BCUT2D eigenvalue weighted by Crippen LogP contribution is 2.21. The zero-order valence-corrected chi connectivity index (χ0v) is 13.6. The second-order valence-electron chi connectivity index (χ2n) is 5.56. The second-order valence-corrected chi connectivity index (χ2v) is 6.21. The summed E-state index contributed by atoms with van der Waals surface area (Å²) >= 11 is 3.69. The van der Waals surface area contributed by atoms with Gasteiger partial charge in [0.2, 0.25) is 0 Å². The van der Waals surface area contributed by atoms with Crippen molar-refractivity contribution < 1.29 is 0 Å². The molecule has 19 heavy (non-hydrogen) atoms. The molecule has 2 unspecified atom stereocenters. The van der Waals surface area contributed by atoms with Gasteiger partial charge >= 0.3 is 0 Å². The fraction of sp³-hybridized carbons (Fsp3) is 0.625. The molecule has 1 fully saturated rings. The van der Waals surface area contributed by atoms with Gasteiger partial charge in [0.1, 0.15) is 0 Å². The van der Waals surface area contributed by atoms with Gasteiger partial charge < -0.3 is 4.90 Å². The van der Waals surface area contributed by atoms with Gasteiger partial charge in [-0.25, -0.2) is 0 Å². The van der Waals surface area contributed by atoms with Crippen LogP contribution in [0.3, 0.4) is 0 Å². The Morgan fingerprint density at radius 2 is 2.00 bits per heavy atom. The van der Waals surface area contributed by atoms with Crippen molar-refractivity contribution in [3.63, 3.8) is 0 Å². The van der Waals surface area contributed by atoms with Crippen molar-refractivity contribution >= 4 is 15.9 Å². The number of hydrogen-bond acceptors (Lipinski definition) is 2. The molecule has 0 aromatic heterocycles. The number of nitrogens with zero attached hydrogens (tertiary/aromatic N) is 2. The molecule has 2 rings (SSSR count). The lowest BCUT2D eigenvalue weighted by atomic mass is 9.99. The van der Waals surface area contributed by atoms with E-state index in [0.717, 1.165) is 11.4 Å². The molecule has 0 spiro atoms. The van der Waals surface area contributed by atoms with Crippen LogP contribution >= 0.6 is 15.9 Å². The molecule has 2 nitrogen and oxygen atoms in total. The predicted octanol–water partition coefficient (Wildman–Crippen LogP) is 3.19. The molecule has 3 heteroatoms. The van der Waals surface area contributed by atoms with E-state index in [1.165, 1.54) is 38.2 Å². The van der Waals surface area contributed by atoms with E-state index in [0.29, 0.717) is 5.92 Å². The first-order valence-electron chi connectivity index (χ1n) is 7.28. The third-order valence-corrected chi connectivity index (χ3v) is 5.05. The number of halogens is 1. The second kappa shape index (κ2) is 7.41. The molecule has 2 atom stereocenters. The van der Waals surface area contributed by atoms with Crippen LogP contribution in [0.2, 0.25) is 0 Å². The molecule has 0 aliphatic carbocycles. The van der Waals surface area contributed by atoms with Gasteiger partial charge in [-0.05, 0) is 19.0 Å². The Morgan fingerprint density at radius 3 is 2.63 bits per heavy atom. The van der Waals surface area contributed by atoms with Crippen LogP contribution in [-0.4, -0.2) is 54.4 Å². The van der Waals surface area contributed by atoms with E-state index in [-0.39, 0.29) is 0 Å². The van der Waals surface area contributed by atoms with E-state index in [1.807, 2.05) is 0 Å². The molecule has 0 amide bonds. The first-order valence-corrected chi connectivity index (χ1v) is 8.40. The van der Waals surface area contributed by atoms with Crippen LogP contribution in [0, 0.1) is 0 Å². The van der Waals surface area contributed by atoms with E-state index in [2.05, 4.69) is 70.0 Å². The SMILES string of the molecule is CCC1CN(CC(CBr)c2ccccc2)CCN1C. The van der Waals surface area contributed by atoms with Crippen LogP contribution in [0.4, 0.5) is 0 Å². The average molecular weight is 325 g/mol. The highest BCUT2D eigenvalue weighted by atomic mass is 79.9. The molecular weight excluding hydrogens is 300 g/mol. The summed E-state index contributed by atoms with van der Waals surface area (Å²) in [5.41, 5.74) is 1.45. The highest BCUT2D eigenvalue weighted by Gasteiger charge is 2.24. The largest absolute Gasteiger partial charge is 0.301 e. The lowest BCUT2D eigenvalue weighted by molar-refractivity contribution is 0.0902. The molecule has 106 valence electrons. The van der Waals surface area contributed by atoms with E-state index in [4.69, 9.17) is 0 Å². The van der Waals surface area contributed by atoms with E-state index >= 15 is 0 Å². The van der Waals surface area contributed by atoms with Gasteiger partial charge in [0.15, 0.2) is 0 Å². The van der Waals surface area contributed by atoms with Crippen molar-refractivity contribution in [1.29, 1.82) is 0 Å². The van der Waals surface area contributed by atoms with E-state index in [9.17, 15) is 0 Å². The van der Waals surface area contributed by atoms with Crippen LogP contribution in [0.15, 0.2) is 30.3 Å². The molecule has 0 saturated carbocycles. The molecular formula is C16H25BrN2. The highest BCUT2D eigenvalue weighted by molar-refractivity contribution is 9.09. The Labute approximate surface area is 125 Å². The normalized spacial score (nSPS) is 23.4. The zero-order chi connectivity index (χ0) is 13.7. The maximum absolute atomic E-state index is 3.69. The minimum atomic E-state index is 0.599. The first kappa shape index (κ1) is 15.0. The van der Waals surface area contributed by atoms with E-state index < -0.39 is 0 Å². The van der Waals surface area contributed by atoms with Crippen molar-refractivity contribution in [2.45, 2.75) is 25.3 Å². The molecule has 1 saturated heterocycles. The summed E-state index contributed by atoms with van der Waals surface area (Å²) in [4.78, 5) is 5.13. The van der Waals surface area contributed by atoms with E-state index in [1.54, 1.807) is 0 Å². The fourth-order valence-corrected chi connectivity index (χ4v) is 3.48. The third-order valence-electron chi connectivity index (χ3n) is 4.27. The fourth-order valence-electron chi connectivity index (χ4n) is 2.90. The summed E-state index contributed by atoms with van der Waals surface area (Å²) < 4.78 is 0. The van der Waals surface area contributed by atoms with Crippen molar-refractivity contribution in [3.8, 4) is 0 Å². The Balaban J connectivity index is 1.96. The first-order chi connectivity index (χ1) is 9.24. The molecule has 0 bridgehead atoms. The lowest BCUT2D eigenvalue weighted by Crippen LogP contribution is -2.52. The van der Waals surface area contributed by atoms with Crippen molar-refractivity contribution in [3.05, 3.63) is 35.9 Å². The molecule has 1 aromatic rings. The van der Waals surface area contributed by atoms with Crippen LogP contribution in [0.1, 0.15) is 24.8 Å². The quantitative estimate of drug-likeness (QED) is 0.767. The Bertz CT molecular complexity index is 368. The summed E-state index contributed by atoms with van der Waals surface area (Å²) in [7, 11) is 2.25. The number of alkyl halides is 1. The molecule has 1 aromatic carbocycles. The molecule has 1 heterocycles. The van der Waals surface area contributed by atoms with Gasteiger partial charge in [0, 0.05) is 43.5 Å². The van der Waals surface area contributed by atoms with Gasteiger partial charge in [-0.1, -0.05) is 53.2 Å². The van der Waals surface area contributed by atoms with Crippen LogP contribution in [0.5, 0.6) is 0 Å². The van der Waals surface area contributed by atoms with Gasteiger partial charge in [-0.2, -0.15) is 0 Å². The topological polar surface area (TPSA) is 6.48 Å². The Morgan fingerprint density at radius 1 is 1.26 bits per heavy atom. The lowest BCUT2D eigenvalue weighted by Gasteiger charge is -2.40. The number of piperazine rings is 1. The summed E-state index contributed by atoms with van der Waals surface area (Å²) in [6, 6.07) is 11.6. The number of hydrogen-bond donors (Lipinski definition) is 0. The third kappa shape index (κ3) is 4.04. The summed E-state index contributed by atoms with van der Waals surface area (Å²) in [5, 5.41) is 1.04. The van der Waals surface area contributed by atoms with Crippen molar-refractivity contribution in [2.75, 3.05) is 38.6 Å². The molecule has 0 N–H and O–H groups in total. The van der Waals surface area contributed by atoms with Crippen LogP contribution in [-0.2, 0) is 0 Å². The number of likely N-dealkylation sites (N-methyl/N-ethyl adjacent to an activating group) is 1. The molecule has 1 aliphatic heterocycles.